The fourth-order valence-corrected chi connectivity index (χ4v) is 3.92. The van der Waals surface area contributed by atoms with Crippen molar-refractivity contribution < 1.29 is 24.5 Å². The van der Waals surface area contributed by atoms with Crippen molar-refractivity contribution in [2.45, 2.75) is 57.8 Å². The molecule has 0 amide bonds. The van der Waals surface area contributed by atoms with Gasteiger partial charge in [-0.2, -0.15) is 0 Å². The summed E-state index contributed by atoms with van der Waals surface area (Å²) in [6.07, 6.45) is 1.39. The molecule has 2 aliphatic rings. The Morgan fingerprint density at radius 1 is 1.39 bits per heavy atom. The molecule has 0 aromatic heterocycles. The minimum Gasteiger partial charge on any atom is -0.507 e. The van der Waals surface area contributed by atoms with E-state index >= 15 is 0 Å². The predicted octanol–water partition coefficient (Wildman–Crippen LogP) is 3.51. The third-order valence-corrected chi connectivity index (χ3v) is 5.13. The second kappa shape index (κ2) is 5.71. The number of ether oxygens (including phenoxy) is 2. The van der Waals surface area contributed by atoms with Crippen LogP contribution in [0.4, 0.5) is 0 Å². The van der Waals surface area contributed by atoms with Gasteiger partial charge in [-0.25, -0.2) is 0 Å². The number of benzene rings is 1. The lowest BCUT2D eigenvalue weighted by Crippen LogP contribution is -2.52. The van der Waals surface area contributed by atoms with Crippen LogP contribution in [0.5, 0.6) is 11.5 Å². The van der Waals surface area contributed by atoms with E-state index in [0.717, 1.165) is 6.42 Å². The van der Waals surface area contributed by atoms with E-state index in [2.05, 4.69) is 0 Å². The van der Waals surface area contributed by atoms with Gasteiger partial charge in [-0.1, -0.05) is 19.4 Å². The molecular formula is C18H24O5. The highest BCUT2D eigenvalue weighted by Gasteiger charge is 2.52. The van der Waals surface area contributed by atoms with E-state index in [1.54, 1.807) is 12.1 Å². The first-order valence-corrected chi connectivity index (χ1v) is 8.24. The molecule has 0 unspecified atom stereocenters. The first-order valence-electron chi connectivity index (χ1n) is 8.24. The Kier molecular flexibility index (Phi) is 4.00. The first-order chi connectivity index (χ1) is 10.8. The zero-order chi connectivity index (χ0) is 16.8. The van der Waals surface area contributed by atoms with Gasteiger partial charge in [0.05, 0.1) is 23.7 Å². The highest BCUT2D eigenvalue weighted by atomic mass is 16.5. The molecule has 0 radical (unpaired) electrons. The normalized spacial score (nSPS) is 31.6. The van der Waals surface area contributed by atoms with Gasteiger partial charge in [0.1, 0.15) is 17.1 Å². The zero-order valence-corrected chi connectivity index (χ0v) is 13.8. The molecule has 1 aromatic carbocycles. The molecule has 2 N–H and O–H groups in total. The lowest BCUT2D eigenvalue weighted by atomic mass is 9.71. The second-order valence-electron chi connectivity index (χ2n) is 7.07. The number of carbonyl (C=O) groups is 1. The first kappa shape index (κ1) is 16.1. The molecule has 0 bridgehead atoms. The predicted molar refractivity (Wildman–Crippen MR) is 84.6 cm³/mol. The molecule has 5 nitrogen and oxygen atoms in total. The highest BCUT2D eigenvalue weighted by molar-refractivity contribution is 5.71. The second-order valence-corrected chi connectivity index (χ2v) is 7.07. The third-order valence-electron chi connectivity index (χ3n) is 5.13. The number of fused-ring (bicyclic) bond motifs is 3. The summed E-state index contributed by atoms with van der Waals surface area (Å²) < 4.78 is 12.3. The summed E-state index contributed by atoms with van der Waals surface area (Å²) in [4.78, 5) is 11.7. The number of aliphatic carboxylic acids is 1. The summed E-state index contributed by atoms with van der Waals surface area (Å²) >= 11 is 0. The van der Waals surface area contributed by atoms with E-state index in [1.165, 1.54) is 0 Å². The van der Waals surface area contributed by atoms with Crippen LogP contribution in [0.25, 0.3) is 0 Å². The standard InChI is InChI=1S/C18H24O5/c1-4-6-13-10(17(20)21)9-11-16(22-13)15-12(19)7-5-8-14(15)23-18(11,2)3/h5,7-8,10-11,13,16,19H,4,6,9H2,1-3H3,(H,20,21)/t10-,11+,13+,16+/m1/s1. The summed E-state index contributed by atoms with van der Waals surface area (Å²) in [6.45, 7) is 5.94. The quantitative estimate of drug-likeness (QED) is 0.891. The van der Waals surface area contributed by atoms with Crippen molar-refractivity contribution in [1.29, 1.82) is 0 Å². The summed E-state index contributed by atoms with van der Waals surface area (Å²) in [5.41, 5.74) is 0.109. The average Bonchev–Trinajstić information content (AvgIpc) is 2.46. The smallest absolute Gasteiger partial charge is 0.309 e. The number of carboxylic acids is 1. The Morgan fingerprint density at radius 2 is 2.13 bits per heavy atom. The van der Waals surface area contributed by atoms with Crippen molar-refractivity contribution in [3.05, 3.63) is 23.8 Å². The molecule has 23 heavy (non-hydrogen) atoms. The molecule has 1 fully saturated rings. The Balaban J connectivity index is 2.03. The summed E-state index contributed by atoms with van der Waals surface area (Å²) in [7, 11) is 0. The molecule has 0 spiro atoms. The van der Waals surface area contributed by atoms with Crippen molar-refractivity contribution in [1.82, 2.24) is 0 Å². The van der Waals surface area contributed by atoms with Gasteiger partial charge in [0.25, 0.3) is 0 Å². The molecule has 126 valence electrons. The summed E-state index contributed by atoms with van der Waals surface area (Å²) in [6, 6.07) is 5.20. The average molecular weight is 320 g/mol. The number of phenols is 1. The fraction of sp³-hybridized carbons (Fsp3) is 0.611. The van der Waals surface area contributed by atoms with Gasteiger partial charge >= 0.3 is 5.97 Å². The zero-order valence-electron chi connectivity index (χ0n) is 13.8. The van der Waals surface area contributed by atoms with Crippen LogP contribution in [0.3, 0.4) is 0 Å². The molecule has 1 aromatic rings. The SMILES string of the molecule is CCC[C@@H]1O[C@@H]2c3c(O)cccc3OC(C)(C)[C@H]2C[C@H]1C(=O)O. The van der Waals surface area contributed by atoms with Crippen molar-refractivity contribution >= 4 is 5.97 Å². The van der Waals surface area contributed by atoms with Crippen molar-refractivity contribution in [3.8, 4) is 11.5 Å². The molecule has 1 saturated heterocycles. The lowest BCUT2D eigenvalue weighted by Gasteiger charge is -2.50. The topological polar surface area (TPSA) is 76.0 Å². The summed E-state index contributed by atoms with van der Waals surface area (Å²) in [5, 5.41) is 19.9. The van der Waals surface area contributed by atoms with Crippen LogP contribution in [0.2, 0.25) is 0 Å². The maximum Gasteiger partial charge on any atom is 0.309 e. The van der Waals surface area contributed by atoms with Crippen molar-refractivity contribution in [2.75, 3.05) is 0 Å². The Hall–Kier alpha value is -1.75. The van der Waals surface area contributed by atoms with E-state index in [-0.39, 0.29) is 23.9 Å². The van der Waals surface area contributed by atoms with Crippen LogP contribution < -0.4 is 4.74 Å². The Labute approximate surface area is 136 Å². The molecule has 2 aliphatic heterocycles. The van der Waals surface area contributed by atoms with Gasteiger partial charge in [-0.15, -0.1) is 0 Å². The van der Waals surface area contributed by atoms with Crippen LogP contribution in [-0.4, -0.2) is 27.9 Å². The van der Waals surface area contributed by atoms with Crippen molar-refractivity contribution in [2.24, 2.45) is 11.8 Å². The van der Waals surface area contributed by atoms with Crippen molar-refractivity contribution in [3.63, 3.8) is 0 Å². The van der Waals surface area contributed by atoms with E-state index in [0.29, 0.717) is 24.2 Å². The molecule has 4 atom stereocenters. The van der Waals surface area contributed by atoms with Crippen LogP contribution in [0.1, 0.15) is 51.7 Å². The molecule has 2 heterocycles. The van der Waals surface area contributed by atoms with E-state index in [9.17, 15) is 15.0 Å². The number of phenolic OH excluding ortho intramolecular Hbond substituents is 1. The molecule has 0 aliphatic carbocycles. The third kappa shape index (κ3) is 2.67. The Morgan fingerprint density at radius 3 is 2.78 bits per heavy atom. The molecular weight excluding hydrogens is 296 g/mol. The van der Waals surface area contributed by atoms with Gasteiger partial charge in [0.2, 0.25) is 0 Å². The minimum absolute atomic E-state index is 0.113. The van der Waals surface area contributed by atoms with E-state index in [1.807, 2.05) is 26.8 Å². The highest BCUT2D eigenvalue weighted by Crippen LogP contribution is 2.54. The number of rotatable bonds is 3. The van der Waals surface area contributed by atoms with E-state index in [4.69, 9.17) is 9.47 Å². The maximum absolute atomic E-state index is 11.7. The van der Waals surface area contributed by atoms with Crippen LogP contribution in [0, 0.1) is 11.8 Å². The largest absolute Gasteiger partial charge is 0.507 e. The van der Waals surface area contributed by atoms with Gasteiger partial charge in [0.15, 0.2) is 0 Å². The van der Waals surface area contributed by atoms with Gasteiger partial charge in [0, 0.05) is 5.92 Å². The minimum atomic E-state index is -0.819. The molecule has 3 rings (SSSR count). The number of hydrogen-bond donors (Lipinski definition) is 2. The fourth-order valence-electron chi connectivity index (χ4n) is 3.92. The molecule has 5 heteroatoms. The number of hydrogen-bond acceptors (Lipinski definition) is 4. The summed E-state index contributed by atoms with van der Waals surface area (Å²) in [5.74, 6) is -0.693. The lowest BCUT2D eigenvalue weighted by molar-refractivity contribution is -0.188. The van der Waals surface area contributed by atoms with Crippen LogP contribution in [-0.2, 0) is 9.53 Å². The van der Waals surface area contributed by atoms with E-state index < -0.39 is 17.5 Å². The number of aromatic hydroxyl groups is 1. The number of carboxylic acid groups (broad SMARTS) is 1. The monoisotopic (exact) mass is 320 g/mol. The van der Waals surface area contributed by atoms with Crippen LogP contribution >= 0.6 is 0 Å². The maximum atomic E-state index is 11.7. The van der Waals surface area contributed by atoms with Crippen LogP contribution in [0.15, 0.2) is 18.2 Å². The van der Waals surface area contributed by atoms with Gasteiger partial charge < -0.3 is 19.7 Å². The van der Waals surface area contributed by atoms with Gasteiger partial charge in [-0.3, -0.25) is 4.79 Å². The van der Waals surface area contributed by atoms with Gasteiger partial charge in [-0.05, 0) is 38.8 Å². The molecule has 0 saturated carbocycles. The Bertz CT molecular complexity index is 609.